The predicted molar refractivity (Wildman–Crippen MR) is 96.9 cm³/mol. The molecule has 3 rings (SSSR count). The first-order chi connectivity index (χ1) is 11.5. The van der Waals surface area contributed by atoms with Crippen LogP contribution in [0.5, 0.6) is 0 Å². The Morgan fingerprint density at radius 3 is 2.58 bits per heavy atom. The quantitative estimate of drug-likeness (QED) is 0.727. The van der Waals surface area contributed by atoms with E-state index in [9.17, 15) is 4.79 Å². The molecular formula is C18H15Cl2N3O. The minimum Gasteiger partial charge on any atom is -0.319 e. The Balaban J connectivity index is 1.73. The molecule has 6 heteroatoms. The van der Waals surface area contributed by atoms with Crippen LogP contribution in [0.15, 0.2) is 54.9 Å². The third-order valence-corrected chi connectivity index (χ3v) is 4.26. The molecule has 0 aliphatic heterocycles. The van der Waals surface area contributed by atoms with Crippen molar-refractivity contribution in [2.24, 2.45) is 0 Å². The van der Waals surface area contributed by atoms with Crippen molar-refractivity contribution in [3.63, 3.8) is 0 Å². The van der Waals surface area contributed by atoms with E-state index in [4.69, 9.17) is 23.2 Å². The molecule has 24 heavy (non-hydrogen) atoms. The number of aryl methyl sites for hydroxylation is 1. The highest BCUT2D eigenvalue weighted by atomic mass is 35.5. The lowest BCUT2D eigenvalue weighted by molar-refractivity contribution is 0.102. The Bertz CT molecular complexity index is 869. The topological polar surface area (TPSA) is 46.9 Å². The van der Waals surface area contributed by atoms with Crippen LogP contribution in [0, 0.1) is 6.92 Å². The second-order valence-electron chi connectivity index (χ2n) is 5.45. The second-order valence-corrected chi connectivity index (χ2v) is 6.26. The minimum atomic E-state index is -0.172. The molecule has 0 radical (unpaired) electrons. The summed E-state index contributed by atoms with van der Waals surface area (Å²) in [6.07, 6.45) is 3.34. The highest BCUT2D eigenvalue weighted by molar-refractivity contribution is 6.35. The van der Waals surface area contributed by atoms with Crippen molar-refractivity contribution < 1.29 is 4.79 Å². The van der Waals surface area contributed by atoms with Gasteiger partial charge in [0.2, 0.25) is 0 Å². The van der Waals surface area contributed by atoms with Crippen LogP contribution >= 0.6 is 23.2 Å². The zero-order valence-electron chi connectivity index (χ0n) is 13.0. The summed E-state index contributed by atoms with van der Waals surface area (Å²) in [4.78, 5) is 12.3. The molecule has 0 spiro atoms. The van der Waals surface area contributed by atoms with Gasteiger partial charge in [0.05, 0.1) is 18.4 Å². The fraction of sp³-hybridized carbons (Fsp3) is 0.111. The summed E-state index contributed by atoms with van der Waals surface area (Å²) < 4.78 is 1.68. The zero-order valence-corrected chi connectivity index (χ0v) is 14.5. The molecule has 1 N–H and O–H groups in total. The SMILES string of the molecule is Cc1cccc(C(=O)Nc2cnn(Cc3c(Cl)cccc3Cl)c2)c1. The molecule has 122 valence electrons. The first kappa shape index (κ1) is 16.6. The molecule has 0 saturated heterocycles. The number of carbonyl (C=O) groups excluding carboxylic acids is 1. The van der Waals surface area contributed by atoms with Crippen LogP contribution in [-0.2, 0) is 6.54 Å². The standard InChI is InChI=1S/C18H15Cl2N3O/c1-12-4-2-5-13(8-12)18(24)22-14-9-21-23(10-14)11-15-16(19)6-3-7-17(15)20/h2-10H,11H2,1H3,(H,22,24). The largest absolute Gasteiger partial charge is 0.319 e. The number of hydrogen-bond acceptors (Lipinski definition) is 2. The molecule has 0 fully saturated rings. The van der Waals surface area contributed by atoms with E-state index in [0.29, 0.717) is 27.8 Å². The van der Waals surface area contributed by atoms with Gasteiger partial charge >= 0.3 is 0 Å². The van der Waals surface area contributed by atoms with E-state index in [1.165, 1.54) is 0 Å². The summed E-state index contributed by atoms with van der Waals surface area (Å²) in [5.41, 5.74) is 3.05. The van der Waals surface area contributed by atoms with Crippen molar-refractivity contribution in [3.05, 3.63) is 81.6 Å². The molecule has 0 aliphatic carbocycles. The number of halogens is 2. The molecule has 1 heterocycles. The van der Waals surface area contributed by atoms with Gasteiger partial charge in [-0.15, -0.1) is 0 Å². The van der Waals surface area contributed by atoms with Crippen LogP contribution < -0.4 is 5.32 Å². The first-order valence-corrected chi connectivity index (χ1v) is 8.12. The Morgan fingerprint density at radius 1 is 1.17 bits per heavy atom. The molecule has 1 amide bonds. The zero-order chi connectivity index (χ0) is 17.1. The average molecular weight is 360 g/mol. The van der Waals surface area contributed by atoms with Gasteiger partial charge in [-0.2, -0.15) is 5.10 Å². The molecule has 0 unspecified atom stereocenters. The lowest BCUT2D eigenvalue weighted by Crippen LogP contribution is -2.11. The van der Waals surface area contributed by atoms with E-state index >= 15 is 0 Å². The molecule has 2 aromatic carbocycles. The number of nitrogens with zero attached hydrogens (tertiary/aromatic N) is 2. The molecule has 3 aromatic rings. The number of amides is 1. The van der Waals surface area contributed by atoms with Crippen LogP contribution in [0.25, 0.3) is 0 Å². The Morgan fingerprint density at radius 2 is 1.88 bits per heavy atom. The number of hydrogen-bond donors (Lipinski definition) is 1. The summed E-state index contributed by atoms with van der Waals surface area (Å²) >= 11 is 12.3. The van der Waals surface area contributed by atoms with Crippen molar-refractivity contribution in [1.82, 2.24) is 9.78 Å². The van der Waals surface area contributed by atoms with Gasteiger partial charge in [0.15, 0.2) is 0 Å². The van der Waals surface area contributed by atoms with Gasteiger partial charge in [0.25, 0.3) is 5.91 Å². The predicted octanol–water partition coefficient (Wildman–Crippen LogP) is 4.80. The summed E-state index contributed by atoms with van der Waals surface area (Å²) in [5, 5.41) is 8.25. The van der Waals surface area contributed by atoms with Crippen LogP contribution in [0.4, 0.5) is 5.69 Å². The minimum absolute atomic E-state index is 0.172. The highest BCUT2D eigenvalue weighted by Gasteiger charge is 2.10. The molecule has 0 bridgehead atoms. The molecule has 1 aromatic heterocycles. The van der Waals surface area contributed by atoms with E-state index in [0.717, 1.165) is 11.1 Å². The lowest BCUT2D eigenvalue weighted by atomic mass is 10.1. The van der Waals surface area contributed by atoms with Crippen molar-refractivity contribution in [1.29, 1.82) is 0 Å². The normalized spacial score (nSPS) is 10.6. The number of rotatable bonds is 4. The van der Waals surface area contributed by atoms with E-state index < -0.39 is 0 Å². The van der Waals surface area contributed by atoms with Crippen LogP contribution in [0.1, 0.15) is 21.5 Å². The molecule has 4 nitrogen and oxygen atoms in total. The third-order valence-electron chi connectivity index (χ3n) is 3.55. The van der Waals surface area contributed by atoms with Gasteiger partial charge in [-0.05, 0) is 31.2 Å². The maximum absolute atomic E-state index is 12.3. The fourth-order valence-electron chi connectivity index (χ4n) is 2.35. The molecule has 0 aliphatic rings. The van der Waals surface area contributed by atoms with E-state index in [1.807, 2.05) is 25.1 Å². The fourth-order valence-corrected chi connectivity index (χ4v) is 2.87. The average Bonchev–Trinajstić information content (AvgIpc) is 2.98. The summed E-state index contributed by atoms with van der Waals surface area (Å²) in [6.45, 7) is 2.38. The van der Waals surface area contributed by atoms with Gasteiger partial charge in [-0.3, -0.25) is 9.48 Å². The van der Waals surface area contributed by atoms with E-state index in [1.54, 1.807) is 41.3 Å². The maximum Gasteiger partial charge on any atom is 0.255 e. The van der Waals surface area contributed by atoms with Crippen molar-refractivity contribution >= 4 is 34.8 Å². The Hall–Kier alpha value is -2.30. The van der Waals surface area contributed by atoms with Gasteiger partial charge in [-0.25, -0.2) is 0 Å². The molecule has 0 atom stereocenters. The molecule has 0 saturated carbocycles. The van der Waals surface area contributed by atoms with Gasteiger partial charge in [0.1, 0.15) is 0 Å². The number of nitrogens with one attached hydrogen (secondary N) is 1. The summed E-state index contributed by atoms with van der Waals surface area (Å²) in [6, 6.07) is 12.8. The van der Waals surface area contributed by atoms with E-state index in [2.05, 4.69) is 10.4 Å². The van der Waals surface area contributed by atoms with Crippen LogP contribution in [-0.4, -0.2) is 15.7 Å². The monoisotopic (exact) mass is 359 g/mol. The Labute approximate surface area is 150 Å². The smallest absolute Gasteiger partial charge is 0.255 e. The molecular weight excluding hydrogens is 345 g/mol. The number of aromatic nitrogens is 2. The summed E-state index contributed by atoms with van der Waals surface area (Å²) in [5.74, 6) is -0.172. The Kier molecular flexibility index (Phi) is 4.88. The maximum atomic E-state index is 12.3. The van der Waals surface area contributed by atoms with Gasteiger partial charge in [0, 0.05) is 27.4 Å². The number of carbonyl (C=O) groups is 1. The number of benzene rings is 2. The van der Waals surface area contributed by atoms with Crippen molar-refractivity contribution in [2.75, 3.05) is 5.32 Å². The van der Waals surface area contributed by atoms with Crippen LogP contribution in [0.3, 0.4) is 0 Å². The first-order valence-electron chi connectivity index (χ1n) is 7.36. The van der Waals surface area contributed by atoms with E-state index in [-0.39, 0.29) is 5.91 Å². The number of anilines is 1. The van der Waals surface area contributed by atoms with Gasteiger partial charge < -0.3 is 5.32 Å². The van der Waals surface area contributed by atoms with Gasteiger partial charge in [-0.1, -0.05) is 47.0 Å². The second kappa shape index (κ2) is 7.07. The lowest BCUT2D eigenvalue weighted by Gasteiger charge is -2.07. The van der Waals surface area contributed by atoms with Crippen molar-refractivity contribution in [2.45, 2.75) is 13.5 Å². The third kappa shape index (κ3) is 3.78. The van der Waals surface area contributed by atoms with Crippen LogP contribution in [0.2, 0.25) is 10.0 Å². The highest BCUT2D eigenvalue weighted by Crippen LogP contribution is 2.25. The van der Waals surface area contributed by atoms with Crippen molar-refractivity contribution in [3.8, 4) is 0 Å². The summed E-state index contributed by atoms with van der Waals surface area (Å²) in [7, 11) is 0.